The standard InChI is InChI=1S/C23H26FN7OS/c1-11-8-27-20-19(25)21(33-23(20)28-11)22(32)29-13-2-3-16-14(6-13)15(24)7-18(30-16)31-5-4-12-9-26-10-17(12)31/h7-8,12-13,17,26H,2-6,9-10,25H2,1H3,(H,29,32). The minimum atomic E-state index is -0.259. The second kappa shape index (κ2) is 7.88. The molecule has 3 aliphatic rings. The third-order valence-electron chi connectivity index (χ3n) is 7.16. The Morgan fingerprint density at radius 3 is 3.09 bits per heavy atom. The van der Waals surface area contributed by atoms with Gasteiger partial charge in [-0.05, 0) is 38.5 Å². The Balaban J connectivity index is 1.20. The summed E-state index contributed by atoms with van der Waals surface area (Å²) in [6.07, 6.45) is 4.53. The van der Waals surface area contributed by atoms with Gasteiger partial charge >= 0.3 is 0 Å². The maximum atomic E-state index is 15.2. The van der Waals surface area contributed by atoms with Gasteiger partial charge in [0.25, 0.3) is 5.91 Å². The molecule has 6 rings (SSSR count). The first kappa shape index (κ1) is 20.7. The summed E-state index contributed by atoms with van der Waals surface area (Å²) in [4.78, 5) is 29.9. The largest absolute Gasteiger partial charge is 0.396 e. The van der Waals surface area contributed by atoms with Crippen LogP contribution in [-0.4, -0.2) is 52.6 Å². The van der Waals surface area contributed by atoms with Crippen LogP contribution in [-0.2, 0) is 12.8 Å². The van der Waals surface area contributed by atoms with Crippen LogP contribution in [0, 0.1) is 18.7 Å². The molecule has 3 atom stereocenters. The summed E-state index contributed by atoms with van der Waals surface area (Å²) in [5.41, 5.74) is 9.27. The van der Waals surface area contributed by atoms with Gasteiger partial charge in [-0.1, -0.05) is 0 Å². The molecule has 0 aromatic carbocycles. The molecule has 33 heavy (non-hydrogen) atoms. The van der Waals surface area contributed by atoms with E-state index in [1.54, 1.807) is 12.3 Å². The molecule has 1 amide bonds. The zero-order valence-electron chi connectivity index (χ0n) is 18.4. The Hall–Kier alpha value is -2.85. The number of fused-ring (bicyclic) bond motifs is 3. The van der Waals surface area contributed by atoms with Gasteiger partial charge in [-0.25, -0.2) is 19.3 Å². The van der Waals surface area contributed by atoms with Gasteiger partial charge in [-0.2, -0.15) is 0 Å². The van der Waals surface area contributed by atoms with E-state index in [-0.39, 0.29) is 17.8 Å². The van der Waals surface area contributed by atoms with E-state index < -0.39 is 0 Å². The van der Waals surface area contributed by atoms with Crippen LogP contribution in [0.5, 0.6) is 0 Å². The van der Waals surface area contributed by atoms with Crippen molar-refractivity contribution in [3.05, 3.63) is 39.9 Å². The van der Waals surface area contributed by atoms with Gasteiger partial charge in [0.2, 0.25) is 0 Å². The number of nitrogens with one attached hydrogen (secondary N) is 2. The van der Waals surface area contributed by atoms with Crippen LogP contribution in [0.4, 0.5) is 15.9 Å². The molecule has 172 valence electrons. The third-order valence-corrected chi connectivity index (χ3v) is 8.25. The number of nitrogens with two attached hydrogens (primary N) is 1. The second-order valence-corrected chi connectivity index (χ2v) is 10.3. The molecule has 0 bridgehead atoms. The lowest BCUT2D eigenvalue weighted by molar-refractivity contribution is 0.0938. The number of halogens is 1. The van der Waals surface area contributed by atoms with E-state index in [1.165, 1.54) is 11.3 Å². The SMILES string of the molecule is Cc1cnc2c(N)c(C(=O)NC3CCc4nc(N5CCC6CNCC65)cc(F)c4C3)sc2n1. The quantitative estimate of drug-likeness (QED) is 0.542. The van der Waals surface area contributed by atoms with Crippen molar-refractivity contribution in [2.45, 2.75) is 44.7 Å². The number of carbonyl (C=O) groups is 1. The highest BCUT2D eigenvalue weighted by atomic mass is 32.1. The van der Waals surface area contributed by atoms with Crippen molar-refractivity contribution in [3.8, 4) is 0 Å². The first-order valence-corrected chi connectivity index (χ1v) is 12.3. The van der Waals surface area contributed by atoms with Crippen LogP contribution in [0.1, 0.15) is 39.5 Å². The fourth-order valence-corrected chi connectivity index (χ4v) is 6.45. The second-order valence-electron chi connectivity index (χ2n) is 9.28. The zero-order chi connectivity index (χ0) is 22.7. The van der Waals surface area contributed by atoms with Crippen LogP contribution in [0.2, 0.25) is 0 Å². The van der Waals surface area contributed by atoms with Crippen LogP contribution in [0.3, 0.4) is 0 Å². The fourth-order valence-electron chi connectivity index (χ4n) is 5.45. The molecule has 3 aromatic heterocycles. The van der Waals surface area contributed by atoms with Crippen molar-refractivity contribution in [3.63, 3.8) is 0 Å². The molecule has 5 heterocycles. The maximum Gasteiger partial charge on any atom is 0.263 e. The van der Waals surface area contributed by atoms with E-state index in [0.29, 0.717) is 57.7 Å². The van der Waals surface area contributed by atoms with Crippen LogP contribution < -0.4 is 21.3 Å². The molecular formula is C23H26FN7OS. The van der Waals surface area contributed by atoms with E-state index in [2.05, 4.69) is 25.5 Å². The Kier molecular flexibility index (Phi) is 4.95. The number of hydrogen-bond acceptors (Lipinski definition) is 8. The van der Waals surface area contributed by atoms with Gasteiger partial charge in [-0.15, -0.1) is 11.3 Å². The molecule has 3 aromatic rings. The van der Waals surface area contributed by atoms with Gasteiger partial charge < -0.3 is 21.3 Å². The van der Waals surface area contributed by atoms with Gasteiger partial charge in [0.1, 0.15) is 26.9 Å². The van der Waals surface area contributed by atoms with Crippen molar-refractivity contribution in [2.75, 3.05) is 30.3 Å². The summed E-state index contributed by atoms with van der Waals surface area (Å²) in [6, 6.07) is 1.81. The summed E-state index contributed by atoms with van der Waals surface area (Å²) >= 11 is 1.24. The van der Waals surface area contributed by atoms with Gasteiger partial charge in [0, 0.05) is 55.2 Å². The highest BCUT2D eigenvalue weighted by Crippen LogP contribution is 2.34. The number of pyridine rings is 1. The zero-order valence-corrected chi connectivity index (χ0v) is 19.2. The van der Waals surface area contributed by atoms with E-state index in [4.69, 9.17) is 10.7 Å². The Morgan fingerprint density at radius 1 is 1.33 bits per heavy atom. The number of carbonyl (C=O) groups excluding carboxylic acids is 1. The molecule has 2 fully saturated rings. The van der Waals surface area contributed by atoms with E-state index in [1.807, 2.05) is 6.92 Å². The molecule has 3 unspecified atom stereocenters. The average Bonchev–Trinajstić information content (AvgIpc) is 3.49. The number of rotatable bonds is 3. The van der Waals surface area contributed by atoms with Crippen LogP contribution in [0.15, 0.2) is 12.3 Å². The smallest absolute Gasteiger partial charge is 0.263 e. The lowest BCUT2D eigenvalue weighted by Crippen LogP contribution is -2.40. The number of amides is 1. The molecule has 1 aliphatic carbocycles. The predicted molar refractivity (Wildman–Crippen MR) is 126 cm³/mol. The molecule has 0 spiro atoms. The molecule has 10 heteroatoms. The molecule has 2 saturated heterocycles. The Morgan fingerprint density at radius 2 is 2.21 bits per heavy atom. The molecular weight excluding hydrogens is 441 g/mol. The first-order chi connectivity index (χ1) is 16.0. The van der Waals surface area contributed by atoms with Gasteiger partial charge in [0.15, 0.2) is 0 Å². The number of hydrogen-bond donors (Lipinski definition) is 3. The molecule has 2 aliphatic heterocycles. The van der Waals surface area contributed by atoms with Crippen molar-refractivity contribution >= 4 is 39.1 Å². The average molecular weight is 468 g/mol. The topological polar surface area (TPSA) is 109 Å². The Labute approximate surface area is 194 Å². The minimum Gasteiger partial charge on any atom is -0.396 e. The summed E-state index contributed by atoms with van der Waals surface area (Å²) in [6.45, 7) is 4.75. The number of nitrogen functional groups attached to an aromatic ring is 1. The fraction of sp³-hybridized carbons (Fsp3) is 0.478. The summed E-state index contributed by atoms with van der Waals surface area (Å²) in [7, 11) is 0. The Bertz CT molecular complexity index is 1260. The van der Waals surface area contributed by atoms with E-state index in [9.17, 15) is 4.79 Å². The number of nitrogens with zero attached hydrogens (tertiary/aromatic N) is 4. The number of aryl methyl sites for hydroxylation is 2. The monoisotopic (exact) mass is 467 g/mol. The molecule has 0 saturated carbocycles. The highest BCUT2D eigenvalue weighted by Gasteiger charge is 2.39. The number of anilines is 2. The minimum absolute atomic E-state index is 0.172. The van der Waals surface area contributed by atoms with E-state index in [0.717, 1.165) is 43.3 Å². The first-order valence-electron chi connectivity index (χ1n) is 11.5. The van der Waals surface area contributed by atoms with Crippen molar-refractivity contribution < 1.29 is 9.18 Å². The summed E-state index contributed by atoms with van der Waals surface area (Å²) < 4.78 is 15.2. The predicted octanol–water partition coefficient (Wildman–Crippen LogP) is 2.20. The number of thiophene rings is 1. The third kappa shape index (κ3) is 3.52. The molecule has 8 nitrogen and oxygen atoms in total. The van der Waals surface area contributed by atoms with Crippen molar-refractivity contribution in [2.24, 2.45) is 5.92 Å². The van der Waals surface area contributed by atoms with Gasteiger partial charge in [-0.3, -0.25) is 4.79 Å². The highest BCUT2D eigenvalue weighted by molar-refractivity contribution is 7.21. The number of aromatic nitrogens is 3. The maximum absolute atomic E-state index is 15.2. The lowest BCUT2D eigenvalue weighted by Gasteiger charge is -2.29. The van der Waals surface area contributed by atoms with Gasteiger partial charge in [0.05, 0.1) is 11.4 Å². The summed E-state index contributed by atoms with van der Waals surface area (Å²) in [5, 5.41) is 6.48. The van der Waals surface area contributed by atoms with E-state index >= 15 is 4.39 Å². The lowest BCUT2D eigenvalue weighted by atomic mass is 9.91. The summed E-state index contributed by atoms with van der Waals surface area (Å²) in [5.74, 6) is 0.887. The van der Waals surface area contributed by atoms with Crippen molar-refractivity contribution in [1.29, 1.82) is 0 Å². The van der Waals surface area contributed by atoms with Crippen molar-refractivity contribution in [1.82, 2.24) is 25.6 Å². The molecule has 4 N–H and O–H groups in total. The normalized spacial score (nSPS) is 24.2. The van der Waals surface area contributed by atoms with Crippen LogP contribution in [0.25, 0.3) is 10.3 Å². The van der Waals surface area contributed by atoms with Crippen LogP contribution >= 0.6 is 11.3 Å². The molecule has 0 radical (unpaired) electrons.